The molecule has 1 aromatic rings. The van der Waals surface area contributed by atoms with Crippen molar-refractivity contribution in [1.29, 1.82) is 5.26 Å². The maximum absolute atomic E-state index is 9.57. The van der Waals surface area contributed by atoms with E-state index < -0.39 is 14.7 Å². The molecule has 1 fully saturated rings. The van der Waals surface area contributed by atoms with E-state index >= 15 is 0 Å². The second kappa shape index (κ2) is 6.39. The molecule has 2 aliphatic rings. The predicted molar refractivity (Wildman–Crippen MR) is 90.3 cm³/mol. The van der Waals surface area contributed by atoms with Crippen molar-refractivity contribution in [1.82, 2.24) is 0 Å². The van der Waals surface area contributed by atoms with E-state index in [2.05, 4.69) is 35.7 Å². The van der Waals surface area contributed by atoms with Crippen LogP contribution < -0.4 is 14.8 Å². The van der Waals surface area contributed by atoms with E-state index in [4.69, 9.17) is 10.5 Å². The van der Waals surface area contributed by atoms with Gasteiger partial charge in [0.15, 0.2) is 0 Å². The number of allylic oxidation sites excluding steroid dienone is 1. The van der Waals surface area contributed by atoms with Crippen LogP contribution in [0.2, 0.25) is 11.4 Å². The first-order valence-electron chi connectivity index (χ1n) is 8.00. The third kappa shape index (κ3) is 2.77. The normalized spacial score (nSPS) is 22.2. The molecule has 0 saturated heterocycles. The van der Waals surface area contributed by atoms with Crippen LogP contribution in [0, 0.1) is 17.2 Å². The first-order valence-corrected chi connectivity index (χ1v) is 12.7. The van der Waals surface area contributed by atoms with Gasteiger partial charge in [-0.1, -0.05) is 0 Å². The van der Waals surface area contributed by atoms with Crippen molar-refractivity contribution >= 4 is 19.0 Å². The first kappa shape index (κ1) is 15.5. The molecule has 22 heavy (non-hydrogen) atoms. The Morgan fingerprint density at radius 1 is 1.23 bits per heavy atom. The fraction of sp³-hybridized carbons (Fsp3) is 0.500. The van der Waals surface area contributed by atoms with Crippen LogP contribution in [-0.2, 0) is 0 Å². The fourth-order valence-corrected chi connectivity index (χ4v) is 5.28. The first-order chi connectivity index (χ1) is 10.6. The van der Waals surface area contributed by atoms with Crippen LogP contribution in [-0.4, -0.2) is 14.7 Å². The summed E-state index contributed by atoms with van der Waals surface area (Å²) < 4.78 is 7.20. The second-order valence-electron chi connectivity index (χ2n) is 6.48. The molecule has 116 valence electrons. The monoisotopic (exact) mass is 358 g/mol. The summed E-state index contributed by atoms with van der Waals surface area (Å²) in [7, 11) is 0. The number of hydrogen-bond donors (Lipinski definition) is 1. The standard InChI is InChI=1S/C18H23AsN2O/c1-19(2)13-8-9-14-16(10-13)22-18(21)15(11-20)17(14)12-6-4-3-5-7-12/h8-10,12,17H,3-7,21H2,1-2H3. The molecule has 1 aliphatic carbocycles. The Hall–Kier alpha value is -1.39. The average molecular weight is 358 g/mol. The zero-order valence-corrected chi connectivity index (χ0v) is 15.2. The van der Waals surface area contributed by atoms with Crippen molar-refractivity contribution in [3.63, 3.8) is 0 Å². The zero-order valence-electron chi connectivity index (χ0n) is 13.3. The Labute approximate surface area is 137 Å². The molecule has 1 atom stereocenters. The van der Waals surface area contributed by atoms with Crippen LogP contribution in [0.3, 0.4) is 0 Å². The molecule has 3 rings (SSSR count). The minimum absolute atomic E-state index is 0.123. The van der Waals surface area contributed by atoms with Crippen molar-refractivity contribution in [2.75, 3.05) is 0 Å². The molecule has 0 aromatic heterocycles. The van der Waals surface area contributed by atoms with Gasteiger partial charge in [-0.3, -0.25) is 0 Å². The third-order valence-electron chi connectivity index (χ3n) is 4.89. The molecular weight excluding hydrogens is 335 g/mol. The Morgan fingerprint density at radius 2 is 1.95 bits per heavy atom. The van der Waals surface area contributed by atoms with E-state index in [9.17, 15) is 5.26 Å². The predicted octanol–water partition coefficient (Wildman–Crippen LogP) is 3.40. The Balaban J connectivity index is 2.05. The number of fused-ring (bicyclic) bond motifs is 1. The molecule has 1 aromatic carbocycles. The van der Waals surface area contributed by atoms with Gasteiger partial charge < -0.3 is 0 Å². The molecule has 0 bridgehead atoms. The molecule has 1 unspecified atom stereocenters. The van der Waals surface area contributed by atoms with Gasteiger partial charge in [0.25, 0.3) is 0 Å². The SMILES string of the molecule is C[As](C)c1ccc2c(c1)OC(N)=C(C#N)C2C1CCCCC1. The summed E-state index contributed by atoms with van der Waals surface area (Å²) in [5, 5.41) is 9.57. The van der Waals surface area contributed by atoms with Crippen LogP contribution in [0.4, 0.5) is 0 Å². The summed E-state index contributed by atoms with van der Waals surface area (Å²) in [5.74, 6) is 1.84. The number of rotatable bonds is 2. The van der Waals surface area contributed by atoms with Crippen LogP contribution >= 0.6 is 0 Å². The number of hydrogen-bond acceptors (Lipinski definition) is 3. The van der Waals surface area contributed by atoms with E-state index in [-0.39, 0.29) is 5.92 Å². The van der Waals surface area contributed by atoms with E-state index in [0.717, 1.165) is 11.3 Å². The van der Waals surface area contributed by atoms with Gasteiger partial charge in [0.05, 0.1) is 0 Å². The summed E-state index contributed by atoms with van der Waals surface area (Å²) in [6.07, 6.45) is 6.19. The minimum atomic E-state index is -0.944. The number of ether oxygens (including phenoxy) is 1. The van der Waals surface area contributed by atoms with Gasteiger partial charge in [0.2, 0.25) is 0 Å². The molecule has 1 saturated carbocycles. The Kier molecular flexibility index (Phi) is 4.50. The number of nitriles is 1. The summed E-state index contributed by atoms with van der Waals surface area (Å²) >= 11 is -0.944. The van der Waals surface area contributed by atoms with E-state index in [1.165, 1.54) is 36.5 Å². The van der Waals surface area contributed by atoms with Gasteiger partial charge in [-0.05, 0) is 0 Å². The topological polar surface area (TPSA) is 59.0 Å². The fourth-order valence-electron chi connectivity index (χ4n) is 3.71. The van der Waals surface area contributed by atoms with Crippen LogP contribution in [0.5, 0.6) is 5.75 Å². The zero-order chi connectivity index (χ0) is 15.7. The Morgan fingerprint density at radius 3 is 2.59 bits per heavy atom. The molecule has 2 N–H and O–H groups in total. The molecule has 1 heterocycles. The van der Waals surface area contributed by atoms with E-state index in [1.54, 1.807) is 0 Å². The van der Waals surface area contributed by atoms with Crippen LogP contribution in [0.25, 0.3) is 0 Å². The molecular formula is C18H23AsN2O. The maximum atomic E-state index is 9.57. The van der Waals surface area contributed by atoms with Crippen molar-refractivity contribution in [2.45, 2.75) is 49.4 Å². The van der Waals surface area contributed by atoms with Crippen LogP contribution in [0.1, 0.15) is 43.6 Å². The summed E-state index contributed by atoms with van der Waals surface area (Å²) in [6.45, 7) is 0. The van der Waals surface area contributed by atoms with Gasteiger partial charge in [-0.15, -0.1) is 0 Å². The second-order valence-corrected chi connectivity index (χ2v) is 11.3. The van der Waals surface area contributed by atoms with Crippen LogP contribution in [0.15, 0.2) is 29.7 Å². The molecule has 4 heteroatoms. The van der Waals surface area contributed by atoms with Gasteiger partial charge in [0, 0.05) is 0 Å². The van der Waals surface area contributed by atoms with Crippen molar-refractivity contribution < 1.29 is 4.74 Å². The summed E-state index contributed by atoms with van der Waals surface area (Å²) in [6, 6.07) is 8.89. The third-order valence-corrected chi connectivity index (χ3v) is 7.64. The molecule has 0 radical (unpaired) electrons. The summed E-state index contributed by atoms with van der Waals surface area (Å²) in [4.78, 5) is 0. The van der Waals surface area contributed by atoms with Crippen molar-refractivity contribution in [3.8, 4) is 11.8 Å². The molecule has 1 aliphatic heterocycles. The molecule has 0 spiro atoms. The van der Waals surface area contributed by atoms with Gasteiger partial charge in [-0.25, -0.2) is 0 Å². The van der Waals surface area contributed by atoms with E-state index in [0.29, 0.717) is 17.4 Å². The number of benzene rings is 1. The van der Waals surface area contributed by atoms with Gasteiger partial charge in [-0.2, -0.15) is 0 Å². The average Bonchev–Trinajstić information content (AvgIpc) is 2.53. The van der Waals surface area contributed by atoms with Crippen molar-refractivity contribution in [2.24, 2.45) is 11.7 Å². The van der Waals surface area contributed by atoms with Gasteiger partial charge in [0.1, 0.15) is 0 Å². The number of nitrogens with two attached hydrogens (primary N) is 1. The quantitative estimate of drug-likeness (QED) is 0.825. The van der Waals surface area contributed by atoms with Crippen molar-refractivity contribution in [3.05, 3.63) is 35.2 Å². The van der Waals surface area contributed by atoms with Gasteiger partial charge >= 0.3 is 137 Å². The number of nitrogens with zero attached hydrogens (tertiary/aromatic N) is 1. The molecule has 3 nitrogen and oxygen atoms in total. The summed E-state index contributed by atoms with van der Waals surface area (Å²) in [5.41, 5.74) is 12.5. The van der Waals surface area contributed by atoms with E-state index in [1.807, 2.05) is 0 Å². The Bertz CT molecular complexity index is 639. The molecule has 0 amide bonds.